The van der Waals surface area contributed by atoms with Crippen molar-refractivity contribution in [3.8, 4) is 11.3 Å². The van der Waals surface area contributed by atoms with Crippen LogP contribution in [0.15, 0.2) is 60.7 Å². The van der Waals surface area contributed by atoms with Gasteiger partial charge in [-0.2, -0.15) is 5.10 Å². The summed E-state index contributed by atoms with van der Waals surface area (Å²) in [5.74, 6) is -0.0264. The van der Waals surface area contributed by atoms with Crippen LogP contribution in [0, 0.1) is 6.92 Å². The SMILES string of the molecule is Cc1cc2nc(CC(=O)c3ccc(C(C)(C)CO)cc3)cc(-c3cccc(CO)c3)n2n1. The highest BCUT2D eigenvalue weighted by Gasteiger charge is 2.20. The first-order chi connectivity index (χ1) is 15.3. The summed E-state index contributed by atoms with van der Waals surface area (Å²) in [6.45, 7) is 5.82. The maximum absolute atomic E-state index is 13.0. The Balaban J connectivity index is 1.68. The van der Waals surface area contributed by atoms with Gasteiger partial charge < -0.3 is 10.2 Å². The van der Waals surface area contributed by atoms with Crippen LogP contribution in [0.1, 0.15) is 46.7 Å². The van der Waals surface area contributed by atoms with Gasteiger partial charge >= 0.3 is 0 Å². The van der Waals surface area contributed by atoms with Gasteiger partial charge in [0.1, 0.15) is 0 Å². The van der Waals surface area contributed by atoms with E-state index in [0.29, 0.717) is 16.9 Å². The van der Waals surface area contributed by atoms with E-state index in [4.69, 9.17) is 0 Å². The molecule has 0 aliphatic heterocycles. The van der Waals surface area contributed by atoms with Gasteiger partial charge in [0.25, 0.3) is 0 Å². The Labute approximate surface area is 187 Å². The molecule has 0 aliphatic rings. The lowest BCUT2D eigenvalue weighted by Gasteiger charge is -2.22. The van der Waals surface area contributed by atoms with E-state index in [2.05, 4.69) is 10.1 Å². The lowest BCUT2D eigenvalue weighted by Crippen LogP contribution is -2.22. The number of carbonyl (C=O) groups excluding carboxylic acids is 1. The summed E-state index contributed by atoms with van der Waals surface area (Å²) >= 11 is 0. The first-order valence-corrected chi connectivity index (χ1v) is 10.6. The van der Waals surface area contributed by atoms with Crippen molar-refractivity contribution in [2.75, 3.05) is 6.61 Å². The van der Waals surface area contributed by atoms with Gasteiger partial charge in [0, 0.05) is 22.6 Å². The van der Waals surface area contributed by atoms with Crippen molar-refractivity contribution < 1.29 is 15.0 Å². The molecule has 0 fully saturated rings. The molecule has 2 aromatic carbocycles. The van der Waals surface area contributed by atoms with Gasteiger partial charge in [-0.1, -0.05) is 56.3 Å². The predicted octanol–water partition coefficient (Wildman–Crippen LogP) is 3.89. The number of hydrogen-bond acceptors (Lipinski definition) is 5. The summed E-state index contributed by atoms with van der Waals surface area (Å²) in [5, 5.41) is 23.6. The second kappa shape index (κ2) is 8.65. The molecule has 2 heterocycles. The van der Waals surface area contributed by atoms with Crippen molar-refractivity contribution in [2.45, 2.75) is 39.2 Å². The molecular weight excluding hydrogens is 402 g/mol. The molecule has 0 aliphatic carbocycles. The van der Waals surface area contributed by atoms with Crippen molar-refractivity contribution in [2.24, 2.45) is 0 Å². The number of aliphatic hydroxyl groups is 2. The predicted molar refractivity (Wildman–Crippen MR) is 124 cm³/mol. The number of aryl methyl sites for hydroxylation is 1. The first-order valence-electron chi connectivity index (χ1n) is 10.6. The normalized spacial score (nSPS) is 11.8. The van der Waals surface area contributed by atoms with E-state index in [0.717, 1.165) is 28.1 Å². The average molecular weight is 430 g/mol. The van der Waals surface area contributed by atoms with Gasteiger partial charge in [0.15, 0.2) is 11.4 Å². The summed E-state index contributed by atoms with van der Waals surface area (Å²) in [4.78, 5) is 17.6. The standard InChI is InChI=1S/C26H27N3O3/c1-17-11-25-27-22(13-23(29(25)28-17)20-6-4-5-18(12-20)15-30)14-24(32)19-7-9-21(10-8-19)26(2,3)16-31/h4-13,30-31H,14-16H2,1-3H3. The van der Waals surface area contributed by atoms with Crippen molar-refractivity contribution in [3.63, 3.8) is 0 Å². The summed E-state index contributed by atoms with van der Waals surface area (Å²) in [6.07, 6.45) is 0.163. The molecule has 6 heteroatoms. The molecule has 2 N–H and O–H groups in total. The van der Waals surface area contributed by atoms with E-state index < -0.39 is 0 Å². The van der Waals surface area contributed by atoms with Crippen LogP contribution in [-0.4, -0.2) is 37.2 Å². The van der Waals surface area contributed by atoms with Gasteiger partial charge in [0.2, 0.25) is 0 Å². The topological polar surface area (TPSA) is 87.7 Å². The van der Waals surface area contributed by atoms with Crippen LogP contribution >= 0.6 is 0 Å². The summed E-state index contributed by atoms with van der Waals surface area (Å²) in [7, 11) is 0. The second-order valence-electron chi connectivity index (χ2n) is 8.77. The summed E-state index contributed by atoms with van der Waals surface area (Å²) in [5.41, 5.74) is 5.94. The van der Waals surface area contributed by atoms with E-state index >= 15 is 0 Å². The molecule has 0 saturated heterocycles. The van der Waals surface area contributed by atoms with E-state index in [1.807, 2.05) is 81.4 Å². The maximum Gasteiger partial charge on any atom is 0.168 e. The lowest BCUT2D eigenvalue weighted by molar-refractivity contribution is 0.0992. The number of benzene rings is 2. The smallest absolute Gasteiger partial charge is 0.168 e. The number of aromatic nitrogens is 3. The second-order valence-corrected chi connectivity index (χ2v) is 8.77. The Hall–Kier alpha value is -3.35. The molecule has 4 aromatic rings. The summed E-state index contributed by atoms with van der Waals surface area (Å²) in [6, 6.07) is 18.8. The molecule has 0 radical (unpaired) electrons. The Morgan fingerprint density at radius 3 is 2.47 bits per heavy atom. The molecular formula is C26H27N3O3. The number of carbonyl (C=O) groups is 1. The molecule has 0 bridgehead atoms. The lowest BCUT2D eigenvalue weighted by atomic mass is 9.85. The van der Waals surface area contributed by atoms with E-state index in [9.17, 15) is 15.0 Å². The average Bonchev–Trinajstić information content (AvgIpc) is 3.18. The minimum atomic E-state index is -0.355. The molecule has 0 saturated carbocycles. The highest BCUT2D eigenvalue weighted by Crippen LogP contribution is 2.25. The van der Waals surface area contributed by atoms with E-state index in [-0.39, 0.29) is 30.8 Å². The molecule has 0 amide bonds. The number of hydrogen-bond donors (Lipinski definition) is 2. The number of rotatable bonds is 7. The molecule has 4 rings (SSSR count). The van der Waals surface area contributed by atoms with Crippen LogP contribution in [0.2, 0.25) is 0 Å². The zero-order valence-corrected chi connectivity index (χ0v) is 18.5. The van der Waals surface area contributed by atoms with Crippen LogP contribution < -0.4 is 0 Å². The van der Waals surface area contributed by atoms with Gasteiger partial charge in [-0.3, -0.25) is 4.79 Å². The fourth-order valence-electron chi connectivity index (χ4n) is 3.73. The van der Waals surface area contributed by atoms with Crippen LogP contribution in [0.5, 0.6) is 0 Å². The number of Topliss-reactive ketones (excluding diaryl/α,β-unsaturated/α-hetero) is 1. The Kier molecular flexibility index (Phi) is 5.91. The monoisotopic (exact) mass is 429 g/mol. The molecule has 0 spiro atoms. The van der Waals surface area contributed by atoms with Crippen LogP contribution in [-0.2, 0) is 18.4 Å². The number of aliphatic hydroxyl groups excluding tert-OH is 2. The van der Waals surface area contributed by atoms with E-state index in [1.54, 1.807) is 4.52 Å². The molecule has 164 valence electrons. The maximum atomic E-state index is 13.0. The zero-order valence-electron chi connectivity index (χ0n) is 18.5. The number of fused-ring (bicyclic) bond motifs is 1. The fraction of sp³-hybridized carbons (Fsp3) is 0.269. The molecule has 6 nitrogen and oxygen atoms in total. The number of nitrogens with zero attached hydrogens (tertiary/aromatic N) is 3. The molecule has 32 heavy (non-hydrogen) atoms. The largest absolute Gasteiger partial charge is 0.395 e. The third-order valence-electron chi connectivity index (χ3n) is 5.73. The third kappa shape index (κ3) is 4.33. The van der Waals surface area contributed by atoms with Gasteiger partial charge in [0.05, 0.1) is 36.7 Å². The third-order valence-corrected chi connectivity index (χ3v) is 5.73. The molecule has 0 unspecified atom stereocenters. The van der Waals surface area contributed by atoms with Crippen molar-refractivity contribution in [1.29, 1.82) is 0 Å². The summed E-state index contributed by atoms with van der Waals surface area (Å²) < 4.78 is 1.77. The fourth-order valence-corrected chi connectivity index (χ4v) is 3.73. The zero-order chi connectivity index (χ0) is 22.9. The minimum absolute atomic E-state index is 0.0264. The Morgan fingerprint density at radius 1 is 1.03 bits per heavy atom. The van der Waals surface area contributed by atoms with Crippen LogP contribution in [0.25, 0.3) is 16.9 Å². The van der Waals surface area contributed by atoms with Crippen LogP contribution in [0.3, 0.4) is 0 Å². The Bertz CT molecular complexity index is 1270. The van der Waals surface area contributed by atoms with Crippen molar-refractivity contribution in [3.05, 3.63) is 88.7 Å². The van der Waals surface area contributed by atoms with Crippen LogP contribution in [0.4, 0.5) is 0 Å². The van der Waals surface area contributed by atoms with Crippen molar-refractivity contribution in [1.82, 2.24) is 14.6 Å². The van der Waals surface area contributed by atoms with E-state index in [1.165, 1.54) is 0 Å². The quantitative estimate of drug-likeness (QED) is 0.435. The first kappa shape index (κ1) is 21.9. The Morgan fingerprint density at radius 2 is 1.78 bits per heavy atom. The van der Waals surface area contributed by atoms with Crippen molar-refractivity contribution >= 4 is 11.4 Å². The van der Waals surface area contributed by atoms with Gasteiger partial charge in [-0.05, 0) is 30.2 Å². The molecule has 2 aromatic heterocycles. The minimum Gasteiger partial charge on any atom is -0.395 e. The highest BCUT2D eigenvalue weighted by molar-refractivity contribution is 5.97. The van der Waals surface area contributed by atoms with Gasteiger partial charge in [-0.25, -0.2) is 9.50 Å². The number of ketones is 1. The highest BCUT2D eigenvalue weighted by atomic mass is 16.3. The molecule has 0 atom stereocenters. The van der Waals surface area contributed by atoms with Gasteiger partial charge in [-0.15, -0.1) is 0 Å².